The Labute approximate surface area is 178 Å². The van der Waals surface area contributed by atoms with Crippen molar-refractivity contribution in [1.82, 2.24) is 20.2 Å². The molecule has 0 bridgehead atoms. The molecule has 0 amide bonds. The van der Waals surface area contributed by atoms with E-state index < -0.39 is 0 Å². The summed E-state index contributed by atoms with van der Waals surface area (Å²) in [5.74, 6) is 3.61. The summed E-state index contributed by atoms with van der Waals surface area (Å²) in [6.45, 7) is 0.561. The van der Waals surface area contributed by atoms with Gasteiger partial charge in [0, 0.05) is 18.0 Å². The number of methoxy groups -OCH3 is 1. The number of nitrogens with zero attached hydrogens (tertiary/aromatic N) is 3. The zero-order chi connectivity index (χ0) is 21.0. The topological polar surface area (TPSA) is 103 Å². The van der Waals surface area contributed by atoms with Gasteiger partial charge in [-0.05, 0) is 42.0 Å². The SMILES string of the molecule is COc1cccc(Nc2n[nH]c(-c3cccnc3OCc3ccc4c(c3)OCO4)n2)c1. The third kappa shape index (κ3) is 4.06. The van der Waals surface area contributed by atoms with E-state index in [4.69, 9.17) is 18.9 Å². The van der Waals surface area contributed by atoms with Crippen molar-refractivity contribution in [2.75, 3.05) is 19.2 Å². The number of ether oxygens (including phenoxy) is 4. The van der Waals surface area contributed by atoms with Crippen molar-refractivity contribution in [2.45, 2.75) is 6.61 Å². The van der Waals surface area contributed by atoms with Crippen LogP contribution in [0.4, 0.5) is 11.6 Å². The number of benzene rings is 2. The first kappa shape index (κ1) is 18.7. The molecule has 0 spiro atoms. The first-order valence-corrected chi connectivity index (χ1v) is 9.59. The number of nitrogens with one attached hydrogen (secondary N) is 2. The second-order valence-electron chi connectivity index (χ2n) is 6.70. The Hall–Kier alpha value is -4.27. The number of pyridine rings is 1. The van der Waals surface area contributed by atoms with Crippen LogP contribution in [0.25, 0.3) is 11.4 Å². The molecule has 4 aromatic rings. The molecule has 0 radical (unpaired) electrons. The van der Waals surface area contributed by atoms with Crippen LogP contribution in [-0.4, -0.2) is 34.1 Å². The molecule has 0 saturated carbocycles. The molecule has 156 valence electrons. The molecule has 31 heavy (non-hydrogen) atoms. The number of H-pyrrole nitrogens is 1. The maximum atomic E-state index is 5.96. The summed E-state index contributed by atoms with van der Waals surface area (Å²) in [6.07, 6.45) is 1.67. The molecule has 2 N–H and O–H groups in total. The Morgan fingerprint density at radius 1 is 1.06 bits per heavy atom. The van der Waals surface area contributed by atoms with Crippen molar-refractivity contribution >= 4 is 11.6 Å². The van der Waals surface area contributed by atoms with Crippen LogP contribution >= 0.6 is 0 Å². The van der Waals surface area contributed by atoms with Gasteiger partial charge in [-0.15, -0.1) is 5.10 Å². The van der Waals surface area contributed by atoms with E-state index in [-0.39, 0.29) is 6.79 Å². The van der Waals surface area contributed by atoms with Crippen LogP contribution in [0, 0.1) is 0 Å². The number of hydrogen-bond donors (Lipinski definition) is 2. The number of rotatable bonds is 7. The van der Waals surface area contributed by atoms with Gasteiger partial charge >= 0.3 is 0 Å². The van der Waals surface area contributed by atoms with Crippen molar-refractivity contribution < 1.29 is 18.9 Å². The van der Waals surface area contributed by atoms with Gasteiger partial charge in [-0.2, -0.15) is 4.98 Å². The fraction of sp³-hybridized carbons (Fsp3) is 0.136. The third-order valence-corrected chi connectivity index (χ3v) is 4.65. The van der Waals surface area contributed by atoms with Crippen LogP contribution in [0.15, 0.2) is 60.8 Å². The molecule has 0 saturated heterocycles. The second kappa shape index (κ2) is 8.23. The van der Waals surface area contributed by atoms with Gasteiger partial charge in [0.1, 0.15) is 12.4 Å². The van der Waals surface area contributed by atoms with Gasteiger partial charge in [-0.1, -0.05) is 12.1 Å². The maximum Gasteiger partial charge on any atom is 0.246 e. The average molecular weight is 417 g/mol. The van der Waals surface area contributed by atoms with E-state index in [9.17, 15) is 0 Å². The van der Waals surface area contributed by atoms with Crippen molar-refractivity contribution in [3.05, 3.63) is 66.4 Å². The number of aromatic amines is 1. The molecule has 1 aliphatic rings. The van der Waals surface area contributed by atoms with Crippen LogP contribution in [-0.2, 0) is 6.61 Å². The van der Waals surface area contributed by atoms with E-state index in [1.165, 1.54) is 0 Å². The monoisotopic (exact) mass is 417 g/mol. The van der Waals surface area contributed by atoms with Gasteiger partial charge in [-0.3, -0.25) is 5.10 Å². The normalized spacial score (nSPS) is 11.9. The lowest BCUT2D eigenvalue weighted by atomic mass is 10.2. The fourth-order valence-electron chi connectivity index (χ4n) is 3.14. The molecular formula is C22H19N5O4. The number of anilines is 2. The quantitative estimate of drug-likeness (QED) is 0.466. The van der Waals surface area contributed by atoms with Crippen molar-refractivity contribution in [3.63, 3.8) is 0 Å². The molecule has 1 aliphatic heterocycles. The highest BCUT2D eigenvalue weighted by Gasteiger charge is 2.15. The second-order valence-corrected chi connectivity index (χ2v) is 6.70. The number of hydrogen-bond acceptors (Lipinski definition) is 8. The molecule has 3 heterocycles. The van der Waals surface area contributed by atoms with Gasteiger partial charge < -0.3 is 24.3 Å². The summed E-state index contributed by atoms with van der Waals surface area (Å²) in [5, 5.41) is 10.3. The van der Waals surface area contributed by atoms with Gasteiger partial charge in [0.05, 0.1) is 12.7 Å². The highest BCUT2D eigenvalue weighted by Crippen LogP contribution is 2.33. The Morgan fingerprint density at radius 3 is 2.94 bits per heavy atom. The van der Waals surface area contributed by atoms with Gasteiger partial charge in [0.15, 0.2) is 17.3 Å². The zero-order valence-electron chi connectivity index (χ0n) is 16.7. The fourth-order valence-corrected chi connectivity index (χ4v) is 3.14. The largest absolute Gasteiger partial charge is 0.497 e. The smallest absolute Gasteiger partial charge is 0.246 e. The average Bonchev–Trinajstić information content (AvgIpc) is 3.47. The summed E-state index contributed by atoms with van der Waals surface area (Å²) in [5.41, 5.74) is 2.46. The van der Waals surface area contributed by atoms with E-state index >= 15 is 0 Å². The minimum atomic E-state index is 0.238. The van der Waals surface area contributed by atoms with E-state index in [2.05, 4.69) is 25.5 Å². The number of fused-ring (bicyclic) bond motifs is 1. The molecule has 2 aromatic carbocycles. The highest BCUT2D eigenvalue weighted by molar-refractivity contribution is 5.64. The highest BCUT2D eigenvalue weighted by atomic mass is 16.7. The Balaban J connectivity index is 1.32. The van der Waals surface area contributed by atoms with Crippen LogP contribution in [0.3, 0.4) is 0 Å². The summed E-state index contributed by atoms with van der Waals surface area (Å²) >= 11 is 0. The first-order valence-electron chi connectivity index (χ1n) is 9.59. The Kier molecular flexibility index (Phi) is 4.97. The molecule has 2 aromatic heterocycles. The summed E-state index contributed by atoms with van der Waals surface area (Å²) in [4.78, 5) is 8.87. The van der Waals surface area contributed by atoms with Crippen LogP contribution in [0.5, 0.6) is 23.1 Å². The molecule has 9 heteroatoms. The molecule has 9 nitrogen and oxygen atoms in total. The maximum absolute atomic E-state index is 5.96. The molecule has 0 unspecified atom stereocenters. The van der Waals surface area contributed by atoms with Crippen LogP contribution in [0.1, 0.15) is 5.56 Å². The summed E-state index contributed by atoms with van der Waals surface area (Å²) < 4.78 is 22.0. The van der Waals surface area contributed by atoms with Crippen molar-refractivity contribution in [2.24, 2.45) is 0 Å². The molecule has 0 fully saturated rings. The lowest BCUT2D eigenvalue weighted by Crippen LogP contribution is -1.99. The van der Waals surface area contributed by atoms with E-state index in [0.29, 0.717) is 35.6 Å². The van der Waals surface area contributed by atoms with Crippen LogP contribution < -0.4 is 24.3 Å². The van der Waals surface area contributed by atoms with Gasteiger partial charge in [0.25, 0.3) is 0 Å². The predicted molar refractivity (Wildman–Crippen MR) is 113 cm³/mol. The molecule has 0 aliphatic carbocycles. The molecule has 0 atom stereocenters. The summed E-state index contributed by atoms with van der Waals surface area (Å²) in [7, 11) is 1.62. The zero-order valence-corrected chi connectivity index (χ0v) is 16.7. The predicted octanol–water partition coefficient (Wildman–Crippen LogP) is 3.93. The Morgan fingerprint density at radius 2 is 2.00 bits per heavy atom. The van der Waals surface area contributed by atoms with E-state index in [1.807, 2.05) is 54.6 Å². The van der Waals surface area contributed by atoms with Crippen molar-refractivity contribution in [1.29, 1.82) is 0 Å². The van der Waals surface area contributed by atoms with E-state index in [0.717, 1.165) is 22.7 Å². The van der Waals surface area contributed by atoms with Gasteiger partial charge in [0.2, 0.25) is 18.6 Å². The first-order chi connectivity index (χ1) is 15.3. The Bertz CT molecular complexity index is 1210. The lowest BCUT2D eigenvalue weighted by Gasteiger charge is -2.09. The molecule has 5 rings (SSSR count). The minimum absolute atomic E-state index is 0.238. The standard InChI is InChI=1S/C22H19N5O4/c1-28-16-5-2-4-15(11-16)24-22-25-20(26-27-22)17-6-3-9-23-21(17)29-12-14-7-8-18-19(10-14)31-13-30-18/h2-11H,12-13H2,1H3,(H2,24,25,26,27). The summed E-state index contributed by atoms with van der Waals surface area (Å²) in [6, 6.07) is 16.9. The molecular weight excluding hydrogens is 398 g/mol. The minimum Gasteiger partial charge on any atom is -0.497 e. The number of aromatic nitrogens is 4. The van der Waals surface area contributed by atoms with E-state index in [1.54, 1.807) is 13.3 Å². The van der Waals surface area contributed by atoms with Crippen LogP contribution in [0.2, 0.25) is 0 Å². The van der Waals surface area contributed by atoms with Crippen molar-refractivity contribution in [3.8, 4) is 34.5 Å². The van der Waals surface area contributed by atoms with Gasteiger partial charge in [-0.25, -0.2) is 4.98 Å². The third-order valence-electron chi connectivity index (χ3n) is 4.65. The lowest BCUT2D eigenvalue weighted by molar-refractivity contribution is 0.174.